The third kappa shape index (κ3) is 1.98. The third-order valence-electron chi connectivity index (χ3n) is 3.17. The molecule has 2 nitrogen and oxygen atoms in total. The fourth-order valence-electron chi connectivity index (χ4n) is 2.15. The molecule has 1 aromatic carbocycles. The summed E-state index contributed by atoms with van der Waals surface area (Å²) in [6, 6.07) is 7.34. The second-order valence-corrected chi connectivity index (χ2v) is 4.37. The van der Waals surface area contributed by atoms with Crippen LogP contribution in [0.5, 0.6) is 0 Å². The minimum absolute atomic E-state index is 0.177. The van der Waals surface area contributed by atoms with Crippen LogP contribution in [0.4, 0.5) is 4.39 Å². The first-order valence-electron chi connectivity index (χ1n) is 5.69. The van der Waals surface area contributed by atoms with Gasteiger partial charge in [0.15, 0.2) is 0 Å². The van der Waals surface area contributed by atoms with Gasteiger partial charge in [-0.3, -0.25) is 0 Å². The molecule has 0 radical (unpaired) electrons. The summed E-state index contributed by atoms with van der Waals surface area (Å²) in [5.41, 5.74) is 10.4. The zero-order valence-electron chi connectivity index (χ0n) is 10.4. The molecule has 3 heteroatoms. The Morgan fingerprint density at radius 3 is 2.41 bits per heavy atom. The van der Waals surface area contributed by atoms with Gasteiger partial charge in [0.25, 0.3) is 0 Å². The largest absolute Gasteiger partial charge is 0.326 e. The lowest BCUT2D eigenvalue weighted by Crippen LogP contribution is -2.02. The maximum atomic E-state index is 13.6. The average molecular weight is 232 g/mol. The molecule has 0 saturated carbocycles. The smallest absolute Gasteiger partial charge is 0.128 e. The van der Waals surface area contributed by atoms with Crippen molar-refractivity contribution in [2.24, 2.45) is 5.73 Å². The molecule has 0 fully saturated rings. The Morgan fingerprint density at radius 1 is 1.18 bits per heavy atom. The highest BCUT2D eigenvalue weighted by Crippen LogP contribution is 2.21. The summed E-state index contributed by atoms with van der Waals surface area (Å²) < 4.78 is 15.6. The van der Waals surface area contributed by atoms with E-state index in [-0.39, 0.29) is 5.82 Å². The molecule has 0 aliphatic rings. The molecule has 0 spiro atoms. The van der Waals surface area contributed by atoms with Crippen LogP contribution in [0, 0.1) is 26.6 Å². The summed E-state index contributed by atoms with van der Waals surface area (Å²) in [4.78, 5) is 0. The fraction of sp³-hybridized carbons (Fsp3) is 0.286. The Morgan fingerprint density at radius 2 is 1.88 bits per heavy atom. The van der Waals surface area contributed by atoms with Gasteiger partial charge in [-0.1, -0.05) is 6.07 Å². The molecular weight excluding hydrogens is 215 g/mol. The van der Waals surface area contributed by atoms with Crippen LogP contribution in [0.25, 0.3) is 5.69 Å². The quantitative estimate of drug-likeness (QED) is 0.847. The minimum atomic E-state index is -0.177. The van der Waals surface area contributed by atoms with Crippen molar-refractivity contribution in [2.75, 3.05) is 0 Å². The zero-order chi connectivity index (χ0) is 12.6. The lowest BCUT2D eigenvalue weighted by atomic mass is 10.2. The van der Waals surface area contributed by atoms with Crippen LogP contribution < -0.4 is 5.73 Å². The summed E-state index contributed by atoms with van der Waals surface area (Å²) in [6.07, 6.45) is 0. The van der Waals surface area contributed by atoms with Crippen LogP contribution in [0.15, 0.2) is 24.3 Å². The van der Waals surface area contributed by atoms with Gasteiger partial charge in [-0.2, -0.15) is 0 Å². The van der Waals surface area contributed by atoms with E-state index in [0.717, 1.165) is 22.6 Å². The predicted molar refractivity (Wildman–Crippen MR) is 67.8 cm³/mol. The Kier molecular flexibility index (Phi) is 3.03. The number of hydrogen-bond acceptors (Lipinski definition) is 1. The molecular formula is C14H17FN2. The van der Waals surface area contributed by atoms with Crippen molar-refractivity contribution in [1.29, 1.82) is 0 Å². The predicted octanol–water partition coefficient (Wildman–Crippen LogP) is 3.00. The van der Waals surface area contributed by atoms with Gasteiger partial charge in [-0.15, -0.1) is 0 Å². The van der Waals surface area contributed by atoms with Crippen molar-refractivity contribution in [3.8, 4) is 5.69 Å². The number of nitrogens with zero attached hydrogens (tertiary/aromatic N) is 1. The van der Waals surface area contributed by atoms with Gasteiger partial charge in [-0.25, -0.2) is 4.39 Å². The van der Waals surface area contributed by atoms with Crippen molar-refractivity contribution in [1.82, 2.24) is 4.57 Å². The SMILES string of the molecule is Cc1ccc(-n2c(C)cc(CN)c2C)cc1F. The van der Waals surface area contributed by atoms with E-state index in [2.05, 4.69) is 0 Å². The molecule has 1 heterocycles. The molecule has 0 atom stereocenters. The first-order chi connectivity index (χ1) is 8.04. The monoisotopic (exact) mass is 232 g/mol. The Bertz CT molecular complexity index is 556. The van der Waals surface area contributed by atoms with Gasteiger partial charge in [0.2, 0.25) is 0 Å². The lowest BCUT2D eigenvalue weighted by molar-refractivity contribution is 0.617. The maximum absolute atomic E-state index is 13.6. The van der Waals surface area contributed by atoms with Gasteiger partial charge >= 0.3 is 0 Å². The van der Waals surface area contributed by atoms with Crippen LogP contribution >= 0.6 is 0 Å². The first kappa shape index (κ1) is 11.9. The zero-order valence-corrected chi connectivity index (χ0v) is 10.4. The van der Waals surface area contributed by atoms with E-state index < -0.39 is 0 Å². The van der Waals surface area contributed by atoms with Crippen molar-refractivity contribution >= 4 is 0 Å². The molecule has 2 aromatic rings. The topological polar surface area (TPSA) is 30.9 Å². The van der Waals surface area contributed by atoms with Crippen LogP contribution in [0.1, 0.15) is 22.5 Å². The van der Waals surface area contributed by atoms with Gasteiger partial charge < -0.3 is 10.3 Å². The van der Waals surface area contributed by atoms with Crippen LogP contribution in [0.3, 0.4) is 0 Å². The number of benzene rings is 1. The second-order valence-electron chi connectivity index (χ2n) is 4.37. The van der Waals surface area contributed by atoms with Crippen molar-refractivity contribution < 1.29 is 4.39 Å². The van der Waals surface area contributed by atoms with E-state index in [0.29, 0.717) is 12.1 Å². The first-order valence-corrected chi connectivity index (χ1v) is 5.69. The number of halogens is 1. The molecule has 0 unspecified atom stereocenters. The number of aromatic nitrogens is 1. The number of hydrogen-bond donors (Lipinski definition) is 1. The van der Waals surface area contributed by atoms with Crippen molar-refractivity contribution in [3.63, 3.8) is 0 Å². The van der Waals surface area contributed by atoms with E-state index in [1.165, 1.54) is 0 Å². The molecule has 2 N–H and O–H groups in total. The van der Waals surface area contributed by atoms with Gasteiger partial charge in [0, 0.05) is 23.6 Å². The van der Waals surface area contributed by atoms with Crippen LogP contribution in [-0.4, -0.2) is 4.57 Å². The Labute approximate surface area is 101 Å². The molecule has 0 aliphatic carbocycles. The summed E-state index contributed by atoms with van der Waals surface area (Å²) in [5, 5.41) is 0. The molecule has 0 amide bonds. The van der Waals surface area contributed by atoms with Gasteiger partial charge in [0.1, 0.15) is 5.82 Å². The van der Waals surface area contributed by atoms with Crippen molar-refractivity contribution in [3.05, 3.63) is 52.6 Å². The van der Waals surface area contributed by atoms with Gasteiger partial charge in [0.05, 0.1) is 0 Å². The Balaban J connectivity index is 2.60. The molecule has 0 aliphatic heterocycles. The highest BCUT2D eigenvalue weighted by atomic mass is 19.1. The molecule has 1 aromatic heterocycles. The Hall–Kier alpha value is -1.61. The van der Waals surface area contributed by atoms with Crippen LogP contribution in [-0.2, 0) is 6.54 Å². The highest BCUT2D eigenvalue weighted by molar-refractivity contribution is 5.42. The normalized spacial score (nSPS) is 10.9. The summed E-state index contributed by atoms with van der Waals surface area (Å²) in [5.74, 6) is -0.177. The summed E-state index contributed by atoms with van der Waals surface area (Å²) in [6.45, 7) is 6.28. The fourth-order valence-corrected chi connectivity index (χ4v) is 2.15. The average Bonchev–Trinajstić information content (AvgIpc) is 2.58. The highest BCUT2D eigenvalue weighted by Gasteiger charge is 2.10. The molecule has 0 bridgehead atoms. The third-order valence-corrected chi connectivity index (χ3v) is 3.17. The molecule has 0 saturated heterocycles. The molecule has 17 heavy (non-hydrogen) atoms. The van der Waals surface area contributed by atoms with Crippen molar-refractivity contribution in [2.45, 2.75) is 27.3 Å². The van der Waals surface area contributed by atoms with E-state index in [9.17, 15) is 4.39 Å². The van der Waals surface area contributed by atoms with Gasteiger partial charge in [-0.05, 0) is 50.1 Å². The molecule has 2 rings (SSSR count). The molecule has 90 valence electrons. The van der Waals surface area contributed by atoms with E-state index >= 15 is 0 Å². The number of aryl methyl sites for hydroxylation is 2. The second kappa shape index (κ2) is 4.34. The number of nitrogens with two attached hydrogens (primary N) is 1. The van der Waals surface area contributed by atoms with E-state index in [4.69, 9.17) is 5.73 Å². The summed E-state index contributed by atoms with van der Waals surface area (Å²) in [7, 11) is 0. The van der Waals surface area contributed by atoms with E-state index in [1.807, 2.05) is 30.5 Å². The minimum Gasteiger partial charge on any atom is -0.326 e. The standard InChI is InChI=1S/C14H17FN2/c1-9-4-5-13(7-14(9)15)17-10(2)6-12(8-16)11(17)3/h4-7H,8,16H2,1-3H3. The number of rotatable bonds is 2. The van der Waals surface area contributed by atoms with E-state index in [1.54, 1.807) is 19.1 Å². The van der Waals surface area contributed by atoms with Crippen LogP contribution in [0.2, 0.25) is 0 Å². The maximum Gasteiger partial charge on any atom is 0.128 e. The summed E-state index contributed by atoms with van der Waals surface area (Å²) >= 11 is 0. The lowest BCUT2D eigenvalue weighted by Gasteiger charge is -2.10.